The molecule has 1 aliphatic rings. The summed E-state index contributed by atoms with van der Waals surface area (Å²) in [5, 5.41) is 0. The van der Waals surface area contributed by atoms with Gasteiger partial charge in [0.25, 0.3) is 0 Å². The molecule has 1 aromatic rings. The van der Waals surface area contributed by atoms with Gasteiger partial charge >= 0.3 is 0 Å². The Kier molecular flexibility index (Phi) is 7.05. The molecule has 0 aromatic heterocycles. The number of nitrogens with zero attached hydrogens (tertiary/aromatic N) is 2. The molecule has 2 rings (SSSR count). The summed E-state index contributed by atoms with van der Waals surface area (Å²) in [5.41, 5.74) is 1.12. The van der Waals surface area contributed by atoms with Gasteiger partial charge in [-0.05, 0) is 38.4 Å². The van der Waals surface area contributed by atoms with E-state index in [-0.39, 0.29) is 36.0 Å². The molecule has 0 N–H and O–H groups in total. The summed E-state index contributed by atoms with van der Waals surface area (Å²) >= 11 is 3.53. The summed E-state index contributed by atoms with van der Waals surface area (Å²) in [4.78, 5) is 16.7. The van der Waals surface area contributed by atoms with Crippen molar-refractivity contribution in [2.45, 2.75) is 45.3 Å². The fourth-order valence-electron chi connectivity index (χ4n) is 3.29. The Labute approximate surface area is 159 Å². The van der Waals surface area contributed by atoms with Crippen molar-refractivity contribution >= 4 is 31.7 Å². The van der Waals surface area contributed by atoms with Crippen LogP contribution in [0.25, 0.3) is 0 Å². The van der Waals surface area contributed by atoms with Gasteiger partial charge in [0.2, 0.25) is 5.91 Å². The fraction of sp³-hybridized carbons (Fsp3) is 0.611. The molecule has 0 saturated carbocycles. The monoisotopic (exact) mass is 430 g/mol. The summed E-state index contributed by atoms with van der Waals surface area (Å²) in [6.07, 6.45) is 1.36. The maximum absolute atomic E-state index is 12.9. The normalized spacial score (nSPS) is 20.6. The molecule has 1 fully saturated rings. The Morgan fingerprint density at radius 1 is 1.36 bits per heavy atom. The summed E-state index contributed by atoms with van der Waals surface area (Å²) < 4.78 is 24.7. The lowest BCUT2D eigenvalue weighted by molar-refractivity contribution is -0.136. The van der Waals surface area contributed by atoms with Crippen LogP contribution in [0.1, 0.15) is 32.3 Å². The molecule has 0 bridgehead atoms. The number of rotatable bonds is 7. The first-order valence-corrected chi connectivity index (χ1v) is 11.3. The Morgan fingerprint density at radius 2 is 2.04 bits per heavy atom. The summed E-state index contributed by atoms with van der Waals surface area (Å²) in [6.45, 7) is 4.96. The average Bonchev–Trinajstić information content (AvgIpc) is 2.89. The zero-order valence-corrected chi connectivity index (χ0v) is 17.5. The Balaban J connectivity index is 2.05. The molecule has 1 amide bonds. The summed E-state index contributed by atoms with van der Waals surface area (Å²) in [6, 6.07) is 7.81. The van der Waals surface area contributed by atoms with E-state index in [1.54, 1.807) is 4.90 Å². The van der Waals surface area contributed by atoms with Gasteiger partial charge in [-0.2, -0.15) is 0 Å². The minimum absolute atomic E-state index is 0.00556. The van der Waals surface area contributed by atoms with Crippen LogP contribution in [0.4, 0.5) is 0 Å². The van der Waals surface area contributed by atoms with Gasteiger partial charge in [-0.15, -0.1) is 0 Å². The molecular formula is C18H27BrN2O3S. The number of likely N-dealkylation sites (N-methyl/N-ethyl adjacent to an activating group) is 1. The standard InChI is InChI=1S/C18H27BrN2O3S/c1-4-14(2)21(16-9-10-25(23,24)13-16)18(22)12-20(3)11-15-7-5-6-8-17(15)19/h5-8,14,16H,4,9-13H2,1-3H3/t14-,16+/m0/s1. The van der Waals surface area contributed by atoms with Gasteiger partial charge < -0.3 is 4.90 Å². The second kappa shape index (κ2) is 8.64. The quantitative estimate of drug-likeness (QED) is 0.666. The van der Waals surface area contributed by atoms with Gasteiger partial charge in [-0.3, -0.25) is 9.69 Å². The van der Waals surface area contributed by atoms with Gasteiger partial charge in [-0.25, -0.2) is 8.42 Å². The number of amides is 1. The van der Waals surface area contributed by atoms with Crippen LogP contribution >= 0.6 is 15.9 Å². The van der Waals surface area contributed by atoms with Crippen molar-refractivity contribution in [3.63, 3.8) is 0 Å². The molecule has 1 aliphatic heterocycles. The minimum Gasteiger partial charge on any atom is -0.335 e. The molecule has 1 aromatic carbocycles. The van der Waals surface area contributed by atoms with E-state index in [4.69, 9.17) is 0 Å². The zero-order chi connectivity index (χ0) is 18.6. The van der Waals surface area contributed by atoms with Crippen molar-refractivity contribution in [2.24, 2.45) is 0 Å². The minimum atomic E-state index is -3.01. The van der Waals surface area contributed by atoms with E-state index in [9.17, 15) is 13.2 Å². The van der Waals surface area contributed by atoms with Crippen LogP contribution in [-0.4, -0.2) is 61.3 Å². The topological polar surface area (TPSA) is 57.7 Å². The van der Waals surface area contributed by atoms with Crippen LogP contribution in [0.3, 0.4) is 0 Å². The van der Waals surface area contributed by atoms with E-state index in [0.29, 0.717) is 13.0 Å². The molecule has 1 saturated heterocycles. The van der Waals surface area contributed by atoms with Crippen LogP contribution in [0.5, 0.6) is 0 Å². The van der Waals surface area contributed by atoms with Crippen molar-refractivity contribution in [1.82, 2.24) is 9.80 Å². The first kappa shape index (κ1) is 20.4. The third-order valence-electron chi connectivity index (χ3n) is 4.76. The molecule has 5 nitrogen and oxygen atoms in total. The number of carbonyl (C=O) groups excluding carboxylic acids is 1. The lowest BCUT2D eigenvalue weighted by Gasteiger charge is -2.35. The van der Waals surface area contributed by atoms with E-state index in [1.807, 2.05) is 50.1 Å². The van der Waals surface area contributed by atoms with Gasteiger partial charge in [-0.1, -0.05) is 41.1 Å². The molecular weight excluding hydrogens is 404 g/mol. The largest absolute Gasteiger partial charge is 0.335 e. The van der Waals surface area contributed by atoms with Gasteiger partial charge in [0.15, 0.2) is 9.84 Å². The molecule has 0 unspecified atom stereocenters. The second-order valence-electron chi connectivity index (χ2n) is 6.88. The molecule has 2 atom stereocenters. The predicted molar refractivity (Wildman–Crippen MR) is 104 cm³/mol. The third kappa shape index (κ3) is 5.53. The lowest BCUT2D eigenvalue weighted by atomic mass is 10.1. The smallest absolute Gasteiger partial charge is 0.237 e. The van der Waals surface area contributed by atoms with E-state index in [1.165, 1.54) is 0 Å². The molecule has 25 heavy (non-hydrogen) atoms. The van der Waals surface area contributed by atoms with Crippen LogP contribution in [-0.2, 0) is 21.2 Å². The number of hydrogen-bond acceptors (Lipinski definition) is 4. The van der Waals surface area contributed by atoms with Crippen molar-refractivity contribution in [3.8, 4) is 0 Å². The van der Waals surface area contributed by atoms with E-state index in [2.05, 4.69) is 15.9 Å². The van der Waals surface area contributed by atoms with Crippen LogP contribution in [0.2, 0.25) is 0 Å². The predicted octanol–water partition coefficient (Wildman–Crippen LogP) is 2.70. The highest BCUT2D eigenvalue weighted by Crippen LogP contribution is 2.22. The first-order chi connectivity index (χ1) is 11.7. The second-order valence-corrected chi connectivity index (χ2v) is 9.96. The third-order valence-corrected chi connectivity index (χ3v) is 7.28. The van der Waals surface area contributed by atoms with Crippen molar-refractivity contribution < 1.29 is 13.2 Å². The van der Waals surface area contributed by atoms with Crippen molar-refractivity contribution in [2.75, 3.05) is 25.1 Å². The number of carbonyl (C=O) groups is 1. The number of halogens is 1. The summed E-state index contributed by atoms with van der Waals surface area (Å²) in [5.74, 6) is 0.285. The van der Waals surface area contributed by atoms with E-state index >= 15 is 0 Å². The zero-order valence-electron chi connectivity index (χ0n) is 15.1. The Morgan fingerprint density at radius 3 is 2.60 bits per heavy atom. The Hall–Kier alpha value is -0.920. The van der Waals surface area contributed by atoms with Crippen LogP contribution < -0.4 is 0 Å². The molecule has 140 valence electrons. The lowest BCUT2D eigenvalue weighted by Crippen LogP contribution is -2.49. The highest BCUT2D eigenvalue weighted by atomic mass is 79.9. The average molecular weight is 431 g/mol. The van der Waals surface area contributed by atoms with Gasteiger partial charge in [0.1, 0.15) is 0 Å². The maximum Gasteiger partial charge on any atom is 0.237 e. The highest BCUT2D eigenvalue weighted by Gasteiger charge is 2.36. The number of benzene rings is 1. The number of hydrogen-bond donors (Lipinski definition) is 0. The molecule has 7 heteroatoms. The first-order valence-electron chi connectivity index (χ1n) is 8.67. The highest BCUT2D eigenvalue weighted by molar-refractivity contribution is 9.10. The molecule has 0 aliphatic carbocycles. The van der Waals surface area contributed by atoms with Crippen LogP contribution in [0.15, 0.2) is 28.7 Å². The van der Waals surface area contributed by atoms with E-state index in [0.717, 1.165) is 16.5 Å². The van der Waals surface area contributed by atoms with Crippen molar-refractivity contribution in [3.05, 3.63) is 34.3 Å². The SMILES string of the molecule is CC[C@H](C)N(C(=O)CN(C)Cc1ccccc1Br)[C@@H]1CCS(=O)(=O)C1. The van der Waals surface area contributed by atoms with Gasteiger partial charge in [0, 0.05) is 23.1 Å². The summed E-state index contributed by atoms with van der Waals surface area (Å²) in [7, 11) is -1.10. The maximum atomic E-state index is 12.9. The van der Waals surface area contributed by atoms with Gasteiger partial charge in [0.05, 0.1) is 18.1 Å². The van der Waals surface area contributed by atoms with Crippen LogP contribution in [0, 0.1) is 0 Å². The molecule has 1 heterocycles. The fourth-order valence-corrected chi connectivity index (χ4v) is 5.41. The molecule has 0 radical (unpaired) electrons. The van der Waals surface area contributed by atoms with Crippen molar-refractivity contribution in [1.29, 1.82) is 0 Å². The Bertz CT molecular complexity index is 708. The van der Waals surface area contributed by atoms with E-state index < -0.39 is 9.84 Å². The molecule has 0 spiro atoms. The number of sulfone groups is 1.